The zero-order valence-electron chi connectivity index (χ0n) is 16.6. The summed E-state index contributed by atoms with van der Waals surface area (Å²) in [5.41, 5.74) is 2.11. The van der Waals surface area contributed by atoms with Crippen LogP contribution < -0.4 is 0 Å². The smallest absolute Gasteiger partial charge is 0.276 e. The standard InChI is InChI=1S/C21H21FN2O4S2/c1-13-3-4-15(9-17(13)22)19-10-18(23-28-19)21(25)24(11-20-14(2)5-7-29-20)16-6-8-30(26,27)12-16/h3-5,7,9-10,16H,6,8,11-12H2,1-2H3/t16-/m1/s1. The first-order chi connectivity index (χ1) is 14.2. The first-order valence-corrected chi connectivity index (χ1v) is 12.2. The summed E-state index contributed by atoms with van der Waals surface area (Å²) >= 11 is 1.53. The van der Waals surface area contributed by atoms with E-state index in [1.165, 1.54) is 23.5 Å². The molecule has 3 heterocycles. The molecular weight excluding hydrogens is 427 g/mol. The number of amides is 1. The van der Waals surface area contributed by atoms with Gasteiger partial charge in [0, 0.05) is 22.5 Å². The van der Waals surface area contributed by atoms with Crippen LogP contribution in [0.3, 0.4) is 0 Å². The molecule has 0 radical (unpaired) electrons. The van der Waals surface area contributed by atoms with Crippen molar-refractivity contribution < 1.29 is 22.1 Å². The molecular formula is C21H21FN2O4S2. The van der Waals surface area contributed by atoms with Gasteiger partial charge < -0.3 is 9.42 Å². The average molecular weight is 449 g/mol. The fourth-order valence-electron chi connectivity index (χ4n) is 3.51. The molecule has 0 spiro atoms. The lowest BCUT2D eigenvalue weighted by Gasteiger charge is -2.27. The van der Waals surface area contributed by atoms with Crippen LogP contribution in [0.1, 0.15) is 32.9 Å². The van der Waals surface area contributed by atoms with Crippen LogP contribution in [0.15, 0.2) is 40.2 Å². The third-order valence-electron chi connectivity index (χ3n) is 5.38. The van der Waals surface area contributed by atoms with Gasteiger partial charge in [0.1, 0.15) is 5.82 Å². The number of sulfone groups is 1. The van der Waals surface area contributed by atoms with E-state index in [1.54, 1.807) is 24.0 Å². The molecule has 4 rings (SSSR count). The molecule has 158 valence electrons. The van der Waals surface area contributed by atoms with Crippen LogP contribution >= 0.6 is 11.3 Å². The van der Waals surface area contributed by atoms with Gasteiger partial charge in [-0.05, 0) is 48.9 Å². The van der Waals surface area contributed by atoms with Crippen LogP contribution in [-0.4, -0.2) is 41.9 Å². The fourth-order valence-corrected chi connectivity index (χ4v) is 6.15. The third-order valence-corrected chi connectivity index (χ3v) is 8.14. The van der Waals surface area contributed by atoms with E-state index in [0.717, 1.165) is 10.4 Å². The highest BCUT2D eigenvalue weighted by molar-refractivity contribution is 7.91. The number of carbonyl (C=O) groups excluding carboxylic acids is 1. The molecule has 0 unspecified atom stereocenters. The quantitative estimate of drug-likeness (QED) is 0.590. The molecule has 0 bridgehead atoms. The van der Waals surface area contributed by atoms with E-state index in [9.17, 15) is 17.6 Å². The third kappa shape index (κ3) is 4.17. The summed E-state index contributed by atoms with van der Waals surface area (Å²) in [5, 5.41) is 5.83. The minimum Gasteiger partial charge on any atom is -0.355 e. The molecule has 1 saturated heterocycles. The van der Waals surface area contributed by atoms with Gasteiger partial charge in [-0.2, -0.15) is 0 Å². The number of aromatic nitrogens is 1. The molecule has 1 aromatic carbocycles. The van der Waals surface area contributed by atoms with Crippen LogP contribution in [0.5, 0.6) is 0 Å². The summed E-state index contributed by atoms with van der Waals surface area (Å²) in [6, 6.07) is 7.69. The van der Waals surface area contributed by atoms with Crippen LogP contribution in [0.4, 0.5) is 4.39 Å². The first kappa shape index (κ1) is 20.7. The Kier molecular flexibility index (Phi) is 5.50. The van der Waals surface area contributed by atoms with Gasteiger partial charge in [0.05, 0.1) is 18.1 Å². The van der Waals surface area contributed by atoms with Crippen molar-refractivity contribution in [1.29, 1.82) is 0 Å². The number of rotatable bonds is 5. The van der Waals surface area contributed by atoms with E-state index in [2.05, 4.69) is 5.16 Å². The first-order valence-electron chi connectivity index (χ1n) is 9.51. The molecule has 30 heavy (non-hydrogen) atoms. The minimum absolute atomic E-state index is 0.0585. The van der Waals surface area contributed by atoms with Crippen LogP contribution in [0.2, 0.25) is 0 Å². The predicted molar refractivity (Wildman–Crippen MR) is 113 cm³/mol. The lowest BCUT2D eigenvalue weighted by atomic mass is 10.1. The van der Waals surface area contributed by atoms with Crippen LogP contribution in [-0.2, 0) is 16.4 Å². The second-order valence-corrected chi connectivity index (χ2v) is 10.8. The molecule has 1 amide bonds. The summed E-state index contributed by atoms with van der Waals surface area (Å²) in [4.78, 5) is 15.9. The molecule has 6 nitrogen and oxygen atoms in total. The molecule has 0 N–H and O–H groups in total. The number of hydrogen-bond acceptors (Lipinski definition) is 6. The molecule has 3 aromatic rings. The highest BCUT2D eigenvalue weighted by Gasteiger charge is 2.36. The van der Waals surface area contributed by atoms with E-state index < -0.39 is 21.8 Å². The maximum atomic E-state index is 13.9. The van der Waals surface area contributed by atoms with E-state index in [0.29, 0.717) is 24.1 Å². The zero-order valence-corrected chi connectivity index (χ0v) is 18.2. The Morgan fingerprint density at radius 2 is 2.07 bits per heavy atom. The largest absolute Gasteiger partial charge is 0.355 e. The Labute approximate surface area is 178 Å². The second-order valence-electron chi connectivity index (χ2n) is 7.56. The average Bonchev–Trinajstić information content (AvgIpc) is 3.42. The normalized spacial score (nSPS) is 17.9. The van der Waals surface area contributed by atoms with Crippen molar-refractivity contribution in [2.24, 2.45) is 0 Å². The molecule has 1 aliphatic rings. The van der Waals surface area contributed by atoms with Crippen molar-refractivity contribution in [2.45, 2.75) is 32.9 Å². The van der Waals surface area contributed by atoms with Gasteiger partial charge in [-0.15, -0.1) is 11.3 Å². The Balaban J connectivity index is 1.64. The van der Waals surface area contributed by atoms with Crippen molar-refractivity contribution in [1.82, 2.24) is 10.1 Å². The maximum absolute atomic E-state index is 13.9. The van der Waals surface area contributed by atoms with Gasteiger partial charge in [-0.1, -0.05) is 17.3 Å². The summed E-state index contributed by atoms with van der Waals surface area (Å²) in [5.74, 6) is -0.479. The lowest BCUT2D eigenvalue weighted by Crippen LogP contribution is -2.40. The van der Waals surface area contributed by atoms with E-state index in [-0.39, 0.29) is 28.8 Å². The molecule has 2 aromatic heterocycles. The monoisotopic (exact) mass is 448 g/mol. The van der Waals surface area contributed by atoms with E-state index >= 15 is 0 Å². The highest BCUT2D eigenvalue weighted by atomic mass is 32.2. The Hall–Kier alpha value is -2.52. The zero-order chi connectivity index (χ0) is 21.5. The van der Waals surface area contributed by atoms with Gasteiger partial charge in [0.25, 0.3) is 5.91 Å². The Bertz CT molecular complexity index is 1200. The number of aryl methyl sites for hydroxylation is 2. The van der Waals surface area contributed by atoms with Gasteiger partial charge in [0.15, 0.2) is 21.3 Å². The SMILES string of the molecule is Cc1ccc(-c2cc(C(=O)N(Cc3sccc3C)[C@@H]3CCS(=O)(=O)C3)no2)cc1F. The number of thiophene rings is 1. The maximum Gasteiger partial charge on any atom is 0.276 e. The Morgan fingerprint density at radius 1 is 1.27 bits per heavy atom. The van der Waals surface area contributed by atoms with E-state index in [1.807, 2.05) is 18.4 Å². The number of halogens is 1. The van der Waals surface area contributed by atoms with Crippen LogP contribution in [0.25, 0.3) is 11.3 Å². The second kappa shape index (κ2) is 7.96. The number of nitrogens with zero attached hydrogens (tertiary/aromatic N) is 2. The summed E-state index contributed by atoms with van der Waals surface area (Å²) in [6.07, 6.45) is 0.395. The number of hydrogen-bond donors (Lipinski definition) is 0. The van der Waals surface area contributed by atoms with Gasteiger partial charge in [0.2, 0.25) is 0 Å². The number of benzene rings is 1. The van der Waals surface area contributed by atoms with Gasteiger partial charge in [-0.25, -0.2) is 12.8 Å². The summed E-state index contributed by atoms with van der Waals surface area (Å²) in [6.45, 7) is 3.93. The summed E-state index contributed by atoms with van der Waals surface area (Å²) < 4.78 is 43.2. The lowest BCUT2D eigenvalue weighted by molar-refractivity contribution is 0.0672. The summed E-state index contributed by atoms with van der Waals surface area (Å²) in [7, 11) is -3.17. The van der Waals surface area contributed by atoms with E-state index in [4.69, 9.17) is 4.52 Å². The highest BCUT2D eigenvalue weighted by Crippen LogP contribution is 2.27. The van der Waals surface area contributed by atoms with Gasteiger partial charge in [-0.3, -0.25) is 4.79 Å². The van der Waals surface area contributed by atoms with Crippen molar-refractivity contribution >= 4 is 27.1 Å². The fraction of sp³-hybridized carbons (Fsp3) is 0.333. The van der Waals surface area contributed by atoms with Crippen molar-refractivity contribution in [3.63, 3.8) is 0 Å². The van der Waals surface area contributed by atoms with Crippen LogP contribution in [0, 0.1) is 19.7 Å². The molecule has 1 atom stereocenters. The van der Waals surface area contributed by atoms with Crippen molar-refractivity contribution in [2.75, 3.05) is 11.5 Å². The molecule has 0 aliphatic carbocycles. The molecule has 1 fully saturated rings. The minimum atomic E-state index is -3.17. The van der Waals surface area contributed by atoms with Gasteiger partial charge >= 0.3 is 0 Å². The predicted octanol–water partition coefficient (Wildman–Crippen LogP) is 3.99. The van der Waals surface area contributed by atoms with Crippen molar-refractivity contribution in [3.8, 4) is 11.3 Å². The molecule has 0 saturated carbocycles. The van der Waals surface area contributed by atoms with Crippen molar-refractivity contribution in [3.05, 3.63) is 63.2 Å². The topological polar surface area (TPSA) is 80.5 Å². The Morgan fingerprint density at radius 3 is 2.70 bits per heavy atom. The molecule has 9 heteroatoms. The molecule has 1 aliphatic heterocycles. The number of carbonyl (C=O) groups is 1.